The fraction of sp³-hybridized carbons (Fsp3) is 0.500. The molecule has 0 unspecified atom stereocenters. The summed E-state index contributed by atoms with van der Waals surface area (Å²) in [5.74, 6) is -0.687. The van der Waals surface area contributed by atoms with E-state index < -0.39 is 21.4 Å². The van der Waals surface area contributed by atoms with Crippen molar-refractivity contribution >= 4 is 15.9 Å². The lowest BCUT2D eigenvalue weighted by atomic mass is 10.1. The van der Waals surface area contributed by atoms with Gasteiger partial charge >= 0.3 is 15.6 Å². The van der Waals surface area contributed by atoms with Gasteiger partial charge in [-0.1, -0.05) is 0 Å². The molecule has 0 atom stereocenters. The Morgan fingerprint density at radius 3 is 2.17 bits per heavy atom. The van der Waals surface area contributed by atoms with Crippen LogP contribution in [0, 0.1) is 0 Å². The number of halogens is 3. The maximum Gasteiger partial charge on any atom is 0.534 e. The van der Waals surface area contributed by atoms with Gasteiger partial charge in [0.15, 0.2) is 5.78 Å². The number of likely N-dealkylation sites (N-methyl/N-ethyl adjacent to an activating group) is 1. The number of Topliss-reactive ketones (excluding diaryl/α,β-unsaturated/α-hetero) is 1. The minimum Gasteiger partial charge on any atom is -0.376 e. The van der Waals surface area contributed by atoms with Crippen molar-refractivity contribution in [3.05, 3.63) is 29.8 Å². The highest BCUT2D eigenvalue weighted by molar-refractivity contribution is 7.88. The number of hydrogen-bond donors (Lipinski definition) is 0. The number of ketones is 1. The Hall–Kier alpha value is -1.65. The van der Waals surface area contributed by atoms with E-state index >= 15 is 0 Å². The molecule has 10 heteroatoms. The number of carbonyl (C=O) groups excluding carboxylic acids is 1. The van der Waals surface area contributed by atoms with Gasteiger partial charge in [-0.05, 0) is 31.3 Å². The summed E-state index contributed by atoms with van der Waals surface area (Å²) in [6.07, 6.45) is 0. The molecule has 134 valence electrons. The zero-order valence-corrected chi connectivity index (χ0v) is 13.7. The van der Waals surface area contributed by atoms with Crippen LogP contribution in [0.1, 0.15) is 10.4 Å². The lowest BCUT2D eigenvalue weighted by Crippen LogP contribution is -2.46. The molecule has 24 heavy (non-hydrogen) atoms. The highest BCUT2D eigenvalue weighted by atomic mass is 32.2. The normalized spacial score (nSPS) is 17.7. The first-order chi connectivity index (χ1) is 11.1. The quantitative estimate of drug-likeness (QED) is 0.445. The van der Waals surface area contributed by atoms with Gasteiger partial charge in [0, 0.05) is 31.7 Å². The van der Waals surface area contributed by atoms with Crippen molar-refractivity contribution < 1.29 is 30.6 Å². The summed E-state index contributed by atoms with van der Waals surface area (Å²) in [6.45, 7) is 3.43. The lowest BCUT2D eigenvalue weighted by molar-refractivity contribution is -0.0500. The molecule has 0 N–H and O–H groups in total. The van der Waals surface area contributed by atoms with E-state index in [1.54, 1.807) is 0 Å². The molecule has 1 saturated heterocycles. The second kappa shape index (κ2) is 7.08. The van der Waals surface area contributed by atoms with E-state index in [0.717, 1.165) is 38.3 Å². The molecule has 0 spiro atoms. The smallest absolute Gasteiger partial charge is 0.376 e. The maximum atomic E-state index is 12.2. The molecule has 0 amide bonds. The first-order valence-corrected chi connectivity index (χ1v) is 8.54. The number of nitrogens with zero attached hydrogens (tertiary/aromatic N) is 2. The zero-order valence-electron chi connectivity index (χ0n) is 12.9. The summed E-state index contributed by atoms with van der Waals surface area (Å²) in [5.41, 5.74) is -5.21. The molecule has 1 heterocycles. The standard InChI is InChI=1S/C14H17F3N2O4S/c1-18-6-8-19(9-7-18)10-13(20)11-2-4-12(5-3-11)23-24(21,22)14(15,16)17/h2-5H,6-10H2,1H3. The van der Waals surface area contributed by atoms with Crippen LogP contribution in [-0.4, -0.2) is 69.3 Å². The third-order valence-electron chi connectivity index (χ3n) is 3.63. The molecule has 1 aromatic carbocycles. The average molecular weight is 366 g/mol. The van der Waals surface area contributed by atoms with Gasteiger partial charge in [0.05, 0.1) is 6.54 Å². The van der Waals surface area contributed by atoms with Crippen LogP contribution in [-0.2, 0) is 10.1 Å². The predicted molar refractivity (Wildman–Crippen MR) is 80.3 cm³/mol. The number of piperazine rings is 1. The largest absolute Gasteiger partial charge is 0.534 e. The minimum atomic E-state index is -5.71. The Morgan fingerprint density at radius 2 is 1.67 bits per heavy atom. The van der Waals surface area contributed by atoms with Gasteiger partial charge in [0.1, 0.15) is 5.75 Å². The fourth-order valence-electron chi connectivity index (χ4n) is 2.17. The molecule has 0 radical (unpaired) electrons. The second-order valence-electron chi connectivity index (χ2n) is 5.51. The van der Waals surface area contributed by atoms with Crippen molar-refractivity contribution in [3.63, 3.8) is 0 Å². The number of alkyl halides is 3. The third kappa shape index (κ3) is 4.68. The Kier molecular flexibility index (Phi) is 5.51. The van der Waals surface area contributed by atoms with E-state index in [1.807, 2.05) is 11.9 Å². The summed E-state index contributed by atoms with van der Waals surface area (Å²) < 4.78 is 62.5. The van der Waals surface area contributed by atoms with Crippen molar-refractivity contribution in [2.24, 2.45) is 0 Å². The minimum absolute atomic E-state index is 0.190. The predicted octanol–water partition coefficient (Wildman–Crippen LogP) is 1.35. The number of benzene rings is 1. The van der Waals surface area contributed by atoms with Gasteiger partial charge < -0.3 is 9.08 Å². The van der Waals surface area contributed by atoms with Crippen LogP contribution in [0.15, 0.2) is 24.3 Å². The first-order valence-electron chi connectivity index (χ1n) is 7.13. The van der Waals surface area contributed by atoms with E-state index in [9.17, 15) is 26.4 Å². The summed E-state index contributed by atoms with van der Waals surface area (Å²) in [4.78, 5) is 16.3. The van der Waals surface area contributed by atoms with Crippen LogP contribution >= 0.6 is 0 Å². The van der Waals surface area contributed by atoms with E-state index in [0.29, 0.717) is 0 Å². The van der Waals surface area contributed by atoms with Crippen molar-refractivity contribution in [1.82, 2.24) is 9.80 Å². The number of hydrogen-bond acceptors (Lipinski definition) is 6. The Morgan fingerprint density at radius 1 is 1.12 bits per heavy atom. The molecule has 1 aromatic rings. The summed E-state index contributed by atoms with van der Waals surface area (Å²) in [5, 5.41) is 0. The summed E-state index contributed by atoms with van der Waals surface area (Å²) >= 11 is 0. The average Bonchev–Trinajstić information content (AvgIpc) is 2.49. The van der Waals surface area contributed by atoms with E-state index in [4.69, 9.17) is 0 Å². The molecular formula is C14H17F3N2O4S. The Labute approximate surface area is 137 Å². The molecule has 0 saturated carbocycles. The van der Waals surface area contributed by atoms with Gasteiger partial charge in [-0.25, -0.2) is 0 Å². The topological polar surface area (TPSA) is 66.9 Å². The Balaban J connectivity index is 1.98. The number of carbonyl (C=O) groups is 1. The van der Waals surface area contributed by atoms with Crippen LogP contribution in [0.3, 0.4) is 0 Å². The van der Waals surface area contributed by atoms with Gasteiger partial charge in [-0.3, -0.25) is 9.69 Å². The van der Waals surface area contributed by atoms with Gasteiger partial charge in [-0.2, -0.15) is 21.6 Å². The molecule has 1 fully saturated rings. The van der Waals surface area contributed by atoms with Gasteiger partial charge in [-0.15, -0.1) is 0 Å². The van der Waals surface area contributed by atoms with Crippen molar-refractivity contribution in [2.45, 2.75) is 5.51 Å². The summed E-state index contributed by atoms with van der Waals surface area (Å²) in [7, 11) is -3.72. The van der Waals surface area contributed by atoms with E-state index in [-0.39, 0.29) is 17.9 Å². The Bertz CT molecular complexity index is 681. The lowest BCUT2D eigenvalue weighted by Gasteiger charge is -2.31. The second-order valence-corrected chi connectivity index (χ2v) is 7.05. The van der Waals surface area contributed by atoms with Crippen LogP contribution in [0.4, 0.5) is 13.2 Å². The highest BCUT2D eigenvalue weighted by Crippen LogP contribution is 2.27. The zero-order chi connectivity index (χ0) is 18.0. The van der Waals surface area contributed by atoms with Gasteiger partial charge in [0.2, 0.25) is 0 Å². The monoisotopic (exact) mass is 366 g/mol. The van der Waals surface area contributed by atoms with Gasteiger partial charge in [0.25, 0.3) is 0 Å². The maximum absolute atomic E-state index is 12.2. The van der Waals surface area contributed by atoms with E-state index in [1.165, 1.54) is 12.1 Å². The van der Waals surface area contributed by atoms with Crippen molar-refractivity contribution in [3.8, 4) is 5.75 Å². The van der Waals surface area contributed by atoms with Crippen molar-refractivity contribution in [1.29, 1.82) is 0 Å². The first kappa shape index (κ1) is 18.7. The molecule has 0 aliphatic carbocycles. The fourth-order valence-corrected chi connectivity index (χ4v) is 2.63. The molecule has 0 aromatic heterocycles. The SMILES string of the molecule is CN1CCN(CC(=O)c2ccc(OS(=O)(=O)C(F)(F)F)cc2)CC1. The van der Waals surface area contributed by atoms with Crippen molar-refractivity contribution in [2.75, 3.05) is 39.8 Å². The molecule has 6 nitrogen and oxygen atoms in total. The molecule has 0 bridgehead atoms. The molecule has 1 aliphatic heterocycles. The van der Waals surface area contributed by atoms with Crippen LogP contribution in [0.25, 0.3) is 0 Å². The molecule has 2 rings (SSSR count). The summed E-state index contributed by atoms with van der Waals surface area (Å²) in [6, 6.07) is 4.56. The van der Waals surface area contributed by atoms with E-state index in [2.05, 4.69) is 9.08 Å². The highest BCUT2D eigenvalue weighted by Gasteiger charge is 2.48. The van der Waals surface area contributed by atoms with Crippen LogP contribution in [0.5, 0.6) is 5.75 Å². The molecule has 1 aliphatic rings. The van der Waals surface area contributed by atoms with Crippen LogP contribution < -0.4 is 4.18 Å². The third-order valence-corrected chi connectivity index (χ3v) is 4.61. The van der Waals surface area contributed by atoms with Crippen LogP contribution in [0.2, 0.25) is 0 Å². The molecular weight excluding hydrogens is 349 g/mol. The number of rotatable bonds is 5.